The SMILES string of the molecule is O=C(CSc1ccc2ccccc2c1)OCC(=O)c1cccs1. The van der Waals surface area contributed by atoms with Crippen LogP contribution in [-0.2, 0) is 9.53 Å². The van der Waals surface area contributed by atoms with Gasteiger partial charge in [-0.25, -0.2) is 0 Å². The molecule has 116 valence electrons. The molecular weight excluding hydrogens is 328 g/mol. The first kappa shape index (κ1) is 15.8. The molecule has 0 radical (unpaired) electrons. The van der Waals surface area contributed by atoms with E-state index in [1.54, 1.807) is 12.1 Å². The van der Waals surface area contributed by atoms with Crippen molar-refractivity contribution in [2.45, 2.75) is 4.90 Å². The van der Waals surface area contributed by atoms with Crippen molar-refractivity contribution in [1.29, 1.82) is 0 Å². The van der Waals surface area contributed by atoms with Crippen LogP contribution >= 0.6 is 23.1 Å². The van der Waals surface area contributed by atoms with Crippen LogP contribution in [0.15, 0.2) is 64.9 Å². The minimum Gasteiger partial charge on any atom is -0.457 e. The number of ether oxygens (including phenoxy) is 1. The number of rotatable bonds is 6. The van der Waals surface area contributed by atoms with Crippen LogP contribution in [0.2, 0.25) is 0 Å². The molecule has 0 fully saturated rings. The van der Waals surface area contributed by atoms with Gasteiger partial charge in [0.2, 0.25) is 5.78 Å². The van der Waals surface area contributed by atoms with Crippen molar-refractivity contribution in [1.82, 2.24) is 0 Å². The van der Waals surface area contributed by atoms with E-state index in [4.69, 9.17) is 4.74 Å². The van der Waals surface area contributed by atoms with E-state index in [0.717, 1.165) is 10.3 Å². The van der Waals surface area contributed by atoms with Gasteiger partial charge in [0.05, 0.1) is 10.6 Å². The van der Waals surface area contributed by atoms with Crippen molar-refractivity contribution in [3.63, 3.8) is 0 Å². The summed E-state index contributed by atoms with van der Waals surface area (Å²) >= 11 is 2.76. The molecular formula is C18H14O3S2. The number of ketones is 1. The number of carbonyl (C=O) groups is 2. The number of thiophene rings is 1. The minimum atomic E-state index is -0.381. The quantitative estimate of drug-likeness (QED) is 0.378. The third-order valence-corrected chi connectivity index (χ3v) is 5.12. The van der Waals surface area contributed by atoms with Crippen LogP contribution in [0, 0.1) is 0 Å². The Balaban J connectivity index is 1.51. The average molecular weight is 342 g/mol. The molecule has 0 N–H and O–H groups in total. The summed E-state index contributed by atoms with van der Waals surface area (Å²) in [6.07, 6.45) is 0. The molecule has 0 atom stereocenters. The van der Waals surface area contributed by atoms with Gasteiger partial charge in [-0.15, -0.1) is 23.1 Å². The molecule has 3 aromatic rings. The molecule has 5 heteroatoms. The third-order valence-electron chi connectivity index (χ3n) is 3.24. The van der Waals surface area contributed by atoms with Gasteiger partial charge in [-0.1, -0.05) is 36.4 Å². The Hall–Kier alpha value is -2.11. The van der Waals surface area contributed by atoms with Gasteiger partial charge >= 0.3 is 5.97 Å². The maximum Gasteiger partial charge on any atom is 0.316 e. The average Bonchev–Trinajstić information content (AvgIpc) is 3.12. The van der Waals surface area contributed by atoms with Gasteiger partial charge < -0.3 is 4.74 Å². The van der Waals surface area contributed by atoms with Crippen LogP contribution in [-0.4, -0.2) is 24.1 Å². The van der Waals surface area contributed by atoms with Gasteiger partial charge in [0.1, 0.15) is 0 Å². The topological polar surface area (TPSA) is 43.4 Å². The zero-order valence-electron chi connectivity index (χ0n) is 12.2. The van der Waals surface area contributed by atoms with Gasteiger partial charge in [0, 0.05) is 4.90 Å². The molecule has 0 amide bonds. The summed E-state index contributed by atoms with van der Waals surface area (Å²) in [7, 11) is 0. The molecule has 0 saturated heterocycles. The van der Waals surface area contributed by atoms with E-state index in [2.05, 4.69) is 0 Å². The van der Waals surface area contributed by atoms with Gasteiger partial charge in [-0.2, -0.15) is 0 Å². The molecule has 23 heavy (non-hydrogen) atoms. The maximum atomic E-state index is 11.8. The monoisotopic (exact) mass is 342 g/mol. The highest BCUT2D eigenvalue weighted by Crippen LogP contribution is 2.23. The highest BCUT2D eigenvalue weighted by Gasteiger charge is 2.11. The predicted molar refractivity (Wildman–Crippen MR) is 94.3 cm³/mol. The lowest BCUT2D eigenvalue weighted by molar-refractivity contribution is -0.139. The molecule has 0 spiro atoms. The second-order valence-electron chi connectivity index (χ2n) is 4.86. The Labute approximate surface area is 142 Å². The van der Waals surface area contributed by atoms with E-state index in [-0.39, 0.29) is 24.1 Å². The Kier molecular flexibility index (Phi) is 5.10. The van der Waals surface area contributed by atoms with E-state index in [0.29, 0.717) is 4.88 Å². The molecule has 0 saturated carbocycles. The fraction of sp³-hybridized carbons (Fsp3) is 0.111. The number of hydrogen-bond acceptors (Lipinski definition) is 5. The van der Waals surface area contributed by atoms with Crippen LogP contribution < -0.4 is 0 Å². The van der Waals surface area contributed by atoms with Crippen molar-refractivity contribution in [3.05, 3.63) is 64.9 Å². The van der Waals surface area contributed by atoms with Crippen molar-refractivity contribution in [2.24, 2.45) is 0 Å². The van der Waals surface area contributed by atoms with E-state index < -0.39 is 0 Å². The summed E-state index contributed by atoms with van der Waals surface area (Å²) in [6.45, 7) is -0.197. The highest BCUT2D eigenvalue weighted by molar-refractivity contribution is 8.00. The number of thioether (sulfide) groups is 1. The number of Topliss-reactive ketones (excluding diaryl/α,β-unsaturated/α-hetero) is 1. The molecule has 0 aliphatic rings. The fourth-order valence-electron chi connectivity index (χ4n) is 2.10. The number of fused-ring (bicyclic) bond motifs is 1. The van der Waals surface area contributed by atoms with Gasteiger partial charge in [0.25, 0.3) is 0 Å². The van der Waals surface area contributed by atoms with Crippen molar-refractivity contribution in [3.8, 4) is 0 Å². The smallest absolute Gasteiger partial charge is 0.316 e. The van der Waals surface area contributed by atoms with Crippen LogP contribution in [0.5, 0.6) is 0 Å². The normalized spacial score (nSPS) is 10.6. The zero-order valence-corrected chi connectivity index (χ0v) is 13.9. The lowest BCUT2D eigenvalue weighted by Crippen LogP contribution is -2.14. The largest absolute Gasteiger partial charge is 0.457 e. The first-order valence-corrected chi connectivity index (χ1v) is 8.93. The molecule has 2 aromatic carbocycles. The molecule has 0 aliphatic heterocycles. The predicted octanol–water partition coefficient (Wildman–Crippen LogP) is 4.42. The first-order chi connectivity index (χ1) is 11.2. The van der Waals surface area contributed by atoms with Crippen molar-refractivity contribution >= 4 is 45.6 Å². The molecule has 3 rings (SSSR count). The van der Waals surface area contributed by atoms with Crippen LogP contribution in [0.1, 0.15) is 9.67 Å². The fourth-order valence-corrected chi connectivity index (χ4v) is 3.49. The lowest BCUT2D eigenvalue weighted by Gasteiger charge is -2.05. The zero-order chi connectivity index (χ0) is 16.1. The van der Waals surface area contributed by atoms with Gasteiger partial charge in [-0.3, -0.25) is 9.59 Å². The summed E-state index contributed by atoms with van der Waals surface area (Å²) in [5, 5.41) is 4.13. The minimum absolute atomic E-state index is 0.163. The molecule has 3 nitrogen and oxygen atoms in total. The van der Waals surface area contributed by atoms with Crippen molar-refractivity contribution in [2.75, 3.05) is 12.4 Å². The number of benzene rings is 2. The van der Waals surface area contributed by atoms with Gasteiger partial charge in [0.15, 0.2) is 6.61 Å². The maximum absolute atomic E-state index is 11.8. The summed E-state index contributed by atoms with van der Waals surface area (Å²) < 4.78 is 5.03. The van der Waals surface area contributed by atoms with E-state index in [9.17, 15) is 9.59 Å². The Morgan fingerprint density at radius 1 is 1.00 bits per heavy atom. The second kappa shape index (κ2) is 7.44. The van der Waals surface area contributed by atoms with E-state index in [1.807, 2.05) is 47.8 Å². The first-order valence-electron chi connectivity index (χ1n) is 7.06. The Bertz CT molecular complexity index is 825. The lowest BCUT2D eigenvalue weighted by atomic mass is 10.1. The standard InChI is InChI=1S/C18H14O3S2/c19-16(17-6-3-9-22-17)11-21-18(20)12-23-15-8-7-13-4-1-2-5-14(13)10-15/h1-10H,11-12H2. The van der Waals surface area contributed by atoms with Gasteiger partial charge in [-0.05, 0) is 34.4 Å². The van der Waals surface area contributed by atoms with Crippen molar-refractivity contribution < 1.29 is 14.3 Å². The molecule has 0 bridgehead atoms. The number of carbonyl (C=O) groups excluding carboxylic acids is 2. The number of esters is 1. The summed E-state index contributed by atoms with van der Waals surface area (Å²) in [6, 6.07) is 17.7. The third kappa shape index (κ3) is 4.21. The van der Waals surface area contributed by atoms with Crippen LogP contribution in [0.25, 0.3) is 10.8 Å². The van der Waals surface area contributed by atoms with Crippen LogP contribution in [0.4, 0.5) is 0 Å². The Morgan fingerprint density at radius 3 is 2.61 bits per heavy atom. The molecule has 0 aliphatic carbocycles. The van der Waals surface area contributed by atoms with E-state index in [1.165, 1.54) is 28.5 Å². The Morgan fingerprint density at radius 2 is 1.83 bits per heavy atom. The van der Waals surface area contributed by atoms with E-state index >= 15 is 0 Å². The second-order valence-corrected chi connectivity index (χ2v) is 6.86. The van der Waals surface area contributed by atoms with Crippen LogP contribution in [0.3, 0.4) is 0 Å². The summed E-state index contributed by atoms with van der Waals surface area (Å²) in [4.78, 5) is 25.1. The molecule has 1 aromatic heterocycles. The highest BCUT2D eigenvalue weighted by atomic mass is 32.2. The summed E-state index contributed by atoms with van der Waals surface area (Å²) in [5.41, 5.74) is 0. The number of hydrogen-bond donors (Lipinski definition) is 0. The summed E-state index contributed by atoms with van der Waals surface area (Å²) in [5.74, 6) is -0.354. The molecule has 1 heterocycles. The molecule has 0 unspecified atom stereocenters.